The molecular weight excluding hydrogens is 482 g/mol. The second-order valence-electron chi connectivity index (χ2n) is 9.07. The van der Waals surface area contributed by atoms with Crippen molar-refractivity contribution in [1.82, 2.24) is 19.7 Å². The van der Waals surface area contributed by atoms with Crippen molar-refractivity contribution >= 4 is 23.1 Å². The molecule has 0 saturated carbocycles. The van der Waals surface area contributed by atoms with Crippen LogP contribution in [0.15, 0.2) is 89.0 Å². The molecule has 0 spiro atoms. The zero-order valence-corrected chi connectivity index (χ0v) is 20.9. The topological polar surface area (TPSA) is 92.7 Å². The Morgan fingerprint density at radius 3 is 2.32 bits per heavy atom. The third kappa shape index (κ3) is 4.63. The van der Waals surface area contributed by atoms with Gasteiger partial charge >= 0.3 is 0 Å². The van der Waals surface area contributed by atoms with Crippen molar-refractivity contribution < 1.29 is 4.79 Å². The predicted molar refractivity (Wildman–Crippen MR) is 145 cm³/mol. The van der Waals surface area contributed by atoms with E-state index in [4.69, 9.17) is 10.1 Å². The lowest BCUT2D eigenvalue weighted by molar-refractivity contribution is -0.116. The number of aromatic amines is 1. The number of hydrogen-bond donors (Lipinski definition) is 2. The molecule has 0 aliphatic heterocycles. The van der Waals surface area contributed by atoms with Gasteiger partial charge in [0.05, 0.1) is 16.5 Å². The second kappa shape index (κ2) is 9.99. The fourth-order valence-electron chi connectivity index (χ4n) is 4.85. The minimum atomic E-state index is -0.522. The van der Waals surface area contributed by atoms with Gasteiger partial charge in [0.25, 0.3) is 5.56 Å². The van der Waals surface area contributed by atoms with E-state index in [1.165, 1.54) is 4.68 Å². The van der Waals surface area contributed by atoms with Crippen LogP contribution < -0.4 is 10.9 Å². The van der Waals surface area contributed by atoms with E-state index in [2.05, 4.69) is 10.3 Å². The van der Waals surface area contributed by atoms with Gasteiger partial charge in [-0.25, -0.2) is 4.98 Å². The number of anilines is 1. The maximum Gasteiger partial charge on any atom is 0.255 e. The molecule has 1 amide bonds. The highest BCUT2D eigenvalue weighted by Gasteiger charge is 2.26. The van der Waals surface area contributed by atoms with Gasteiger partial charge in [0.1, 0.15) is 11.5 Å². The zero-order chi connectivity index (χ0) is 25.2. The Balaban J connectivity index is 1.43. The number of H-pyrrole nitrogens is 1. The number of benzene rings is 2. The third-order valence-corrected chi connectivity index (χ3v) is 7.53. The maximum atomic E-state index is 13.9. The number of fused-ring (bicyclic) bond motifs is 1. The van der Waals surface area contributed by atoms with Crippen molar-refractivity contribution in [2.45, 2.75) is 31.6 Å². The number of amides is 1. The summed E-state index contributed by atoms with van der Waals surface area (Å²) in [6, 6.07) is 25.2. The number of nitrogens with one attached hydrogen (secondary N) is 2. The highest BCUT2D eigenvalue weighted by Crippen LogP contribution is 2.30. The van der Waals surface area contributed by atoms with Crippen LogP contribution in [0, 0.1) is 0 Å². The zero-order valence-electron chi connectivity index (χ0n) is 20.1. The lowest BCUT2D eigenvalue weighted by atomic mass is 9.90. The van der Waals surface area contributed by atoms with E-state index < -0.39 is 5.92 Å². The molecule has 5 aromatic rings. The molecule has 37 heavy (non-hydrogen) atoms. The normalized spacial score (nSPS) is 12.9. The summed E-state index contributed by atoms with van der Waals surface area (Å²) < 4.78 is 1.54. The molecule has 2 N–H and O–H groups in total. The number of nitrogens with zero attached hydrogens (tertiary/aromatic N) is 3. The summed E-state index contributed by atoms with van der Waals surface area (Å²) in [5, 5.41) is 9.82. The van der Waals surface area contributed by atoms with E-state index in [-0.39, 0.29) is 11.5 Å². The Hall–Kier alpha value is -4.30. The number of carbonyl (C=O) groups is 1. The first-order valence-electron chi connectivity index (χ1n) is 12.3. The molecule has 0 radical (unpaired) electrons. The van der Waals surface area contributed by atoms with Crippen LogP contribution in [0.3, 0.4) is 0 Å². The Morgan fingerprint density at radius 1 is 0.946 bits per heavy atom. The minimum absolute atomic E-state index is 0.142. The van der Waals surface area contributed by atoms with Crippen molar-refractivity contribution in [1.29, 1.82) is 0 Å². The Morgan fingerprint density at radius 2 is 1.65 bits per heavy atom. The molecule has 7 nitrogen and oxygen atoms in total. The number of thiophene rings is 1. The Kier molecular flexibility index (Phi) is 6.24. The van der Waals surface area contributed by atoms with Gasteiger partial charge in [-0.2, -0.15) is 9.78 Å². The van der Waals surface area contributed by atoms with Gasteiger partial charge in [0.15, 0.2) is 0 Å². The van der Waals surface area contributed by atoms with Gasteiger partial charge in [-0.1, -0.05) is 66.7 Å². The van der Waals surface area contributed by atoms with Crippen LogP contribution in [0.4, 0.5) is 5.82 Å². The highest BCUT2D eigenvalue weighted by atomic mass is 32.1. The highest BCUT2D eigenvalue weighted by molar-refractivity contribution is 7.13. The number of rotatable bonds is 6. The summed E-state index contributed by atoms with van der Waals surface area (Å²) >= 11 is 1.56. The summed E-state index contributed by atoms with van der Waals surface area (Å²) in [4.78, 5) is 35.4. The van der Waals surface area contributed by atoms with Crippen LogP contribution in [-0.2, 0) is 17.6 Å². The van der Waals surface area contributed by atoms with Gasteiger partial charge in [0, 0.05) is 11.6 Å². The van der Waals surface area contributed by atoms with Crippen molar-refractivity contribution in [3.05, 3.63) is 117 Å². The monoisotopic (exact) mass is 507 g/mol. The Labute approximate surface area is 217 Å². The van der Waals surface area contributed by atoms with Gasteiger partial charge in [0.2, 0.25) is 11.9 Å². The van der Waals surface area contributed by atoms with E-state index in [1.54, 1.807) is 11.3 Å². The molecule has 8 heteroatoms. The maximum absolute atomic E-state index is 13.9. The van der Waals surface area contributed by atoms with Crippen LogP contribution in [0.25, 0.3) is 16.5 Å². The summed E-state index contributed by atoms with van der Waals surface area (Å²) in [7, 11) is 0. The molecule has 0 atom stereocenters. The van der Waals surface area contributed by atoms with Crippen molar-refractivity contribution in [3.63, 3.8) is 0 Å². The van der Waals surface area contributed by atoms with E-state index in [9.17, 15) is 9.59 Å². The molecule has 0 unspecified atom stereocenters. The molecule has 3 heterocycles. The van der Waals surface area contributed by atoms with Crippen molar-refractivity contribution in [2.24, 2.45) is 0 Å². The number of carbonyl (C=O) groups excluding carboxylic acids is 1. The van der Waals surface area contributed by atoms with Gasteiger partial charge in [-0.15, -0.1) is 11.3 Å². The molecule has 6 rings (SSSR count). The minimum Gasteiger partial charge on any atom is -0.310 e. The van der Waals surface area contributed by atoms with Crippen molar-refractivity contribution in [2.75, 3.05) is 5.32 Å². The van der Waals surface area contributed by atoms with E-state index >= 15 is 0 Å². The molecule has 1 aliphatic carbocycles. The molecule has 2 aromatic carbocycles. The number of aromatic nitrogens is 4. The quantitative estimate of drug-likeness (QED) is 0.325. The van der Waals surface area contributed by atoms with Crippen LogP contribution in [0.2, 0.25) is 0 Å². The van der Waals surface area contributed by atoms with E-state index in [0.29, 0.717) is 17.5 Å². The molecular formula is C29H25N5O2S. The summed E-state index contributed by atoms with van der Waals surface area (Å²) in [6.45, 7) is 0. The van der Waals surface area contributed by atoms with Crippen LogP contribution in [0.5, 0.6) is 0 Å². The summed E-state index contributed by atoms with van der Waals surface area (Å²) in [6.07, 6.45) is 3.49. The second-order valence-corrected chi connectivity index (χ2v) is 10.0. The fraction of sp³-hybridized carbons (Fsp3) is 0.172. The number of hydrogen-bond acceptors (Lipinski definition) is 5. The van der Waals surface area contributed by atoms with E-state index in [1.807, 2.05) is 84.2 Å². The lowest BCUT2D eigenvalue weighted by Crippen LogP contribution is -2.26. The average molecular weight is 508 g/mol. The summed E-state index contributed by atoms with van der Waals surface area (Å²) in [5.74, 6) is 0.0342. The van der Waals surface area contributed by atoms with Gasteiger partial charge in [-0.3, -0.25) is 14.6 Å². The SMILES string of the molecule is O=C(Nc1cc(-c2cccs2)nn1-c1nc2c(c(=O)[nH]1)CCCC2)C(c1ccccc1)c1ccccc1. The standard InChI is InChI=1S/C29H25N5O2S/c35-27-21-14-7-8-15-22(21)30-29(32-27)34-25(18-23(33-34)24-16-9-17-37-24)31-28(36)26(19-10-3-1-4-11-19)20-12-5-2-6-13-20/h1-6,9-13,16-18,26H,7-8,14-15H2,(H,31,36)(H,30,32,35). The van der Waals surface area contributed by atoms with E-state index in [0.717, 1.165) is 52.9 Å². The van der Waals surface area contributed by atoms with Crippen molar-refractivity contribution in [3.8, 4) is 16.5 Å². The largest absolute Gasteiger partial charge is 0.310 e. The molecule has 3 aromatic heterocycles. The fourth-order valence-corrected chi connectivity index (χ4v) is 5.53. The Bertz CT molecular complexity index is 1550. The van der Waals surface area contributed by atoms with Crippen LogP contribution >= 0.6 is 11.3 Å². The van der Waals surface area contributed by atoms with Crippen LogP contribution in [0.1, 0.15) is 41.1 Å². The smallest absolute Gasteiger partial charge is 0.255 e. The predicted octanol–water partition coefficient (Wildman–Crippen LogP) is 5.33. The van der Waals surface area contributed by atoms with Gasteiger partial charge in [-0.05, 0) is 48.3 Å². The molecule has 1 aliphatic rings. The van der Waals surface area contributed by atoms with Gasteiger partial charge < -0.3 is 5.32 Å². The molecule has 0 saturated heterocycles. The molecule has 0 bridgehead atoms. The average Bonchev–Trinajstić information content (AvgIpc) is 3.61. The number of aryl methyl sites for hydroxylation is 1. The van der Waals surface area contributed by atoms with Crippen LogP contribution in [-0.4, -0.2) is 25.7 Å². The molecule has 184 valence electrons. The lowest BCUT2D eigenvalue weighted by Gasteiger charge is -2.19. The summed E-state index contributed by atoms with van der Waals surface area (Å²) in [5.41, 5.74) is 3.88. The first-order chi connectivity index (χ1) is 18.2. The first-order valence-corrected chi connectivity index (χ1v) is 13.2. The third-order valence-electron chi connectivity index (χ3n) is 6.64. The molecule has 0 fully saturated rings. The first kappa shape index (κ1) is 23.1.